The summed E-state index contributed by atoms with van der Waals surface area (Å²) in [6, 6.07) is 9.78. The Morgan fingerprint density at radius 1 is 0.870 bits per heavy atom. The third-order valence-corrected chi connectivity index (χ3v) is 12.8. The van der Waals surface area contributed by atoms with Crippen molar-refractivity contribution in [3.05, 3.63) is 71.5 Å². The second kappa shape index (κ2) is 21.6. The van der Waals surface area contributed by atoms with E-state index in [1.54, 1.807) is 12.1 Å². The number of benzene rings is 2. The second-order valence-corrected chi connectivity index (χ2v) is 18.2. The maximum atomic E-state index is 12.0. The van der Waals surface area contributed by atoms with Gasteiger partial charge in [0.15, 0.2) is 5.71 Å². The standard InChI is InChI=1S/C33H44N2O12S4.3Na/c1-5-32(3)26-22-24(48-47-46-36)14-16-28(26)34(18-7-9-20-49(37,38)39)30(32)12-11-13-31-33(4,6-2)27-23-25(51(43,44)45)15-17-29(27)35(31)19-8-10-21-50(40,41)42;;;/h11-17,22-23H,5-10,18-21H2,1-4H3,(H3-,36,37,38,39,40,41,42,43,44,45);;;/q;3*+1/p-2. The SMILES string of the molecule is CCC1(C)C(C=C/C=C2/N(CCCCS(=O)(=O)[O-])c3ccc(S(=O)(=O)[O-])cc3C2(C)CC)=[N+](CCCCS(=O)(=O)O)c2ccc(SOO[O-])cc21.[Na+].[Na+].[Na+]. The van der Waals surface area contributed by atoms with Crippen molar-refractivity contribution in [3.63, 3.8) is 0 Å². The molecule has 0 aromatic heterocycles. The van der Waals surface area contributed by atoms with E-state index in [0.29, 0.717) is 54.9 Å². The first-order valence-electron chi connectivity index (χ1n) is 16.4. The van der Waals surface area contributed by atoms with Crippen molar-refractivity contribution >= 4 is 59.5 Å². The number of rotatable bonds is 18. The van der Waals surface area contributed by atoms with Crippen molar-refractivity contribution in [1.82, 2.24) is 0 Å². The molecule has 54 heavy (non-hydrogen) atoms. The molecule has 2 aliphatic heterocycles. The van der Waals surface area contributed by atoms with Crippen LogP contribution in [0.2, 0.25) is 0 Å². The summed E-state index contributed by atoms with van der Waals surface area (Å²) in [6.45, 7) is 8.74. The number of unbranched alkanes of at least 4 members (excludes halogenated alkanes) is 2. The molecule has 2 atom stereocenters. The van der Waals surface area contributed by atoms with Crippen LogP contribution in [-0.2, 0) is 50.6 Å². The summed E-state index contributed by atoms with van der Waals surface area (Å²) >= 11 is 0.769. The average Bonchev–Trinajstić information content (AvgIpc) is 3.43. The summed E-state index contributed by atoms with van der Waals surface area (Å²) in [4.78, 5) is 2.23. The number of nitrogens with zero attached hydrogens (tertiary/aromatic N) is 2. The van der Waals surface area contributed by atoms with Crippen molar-refractivity contribution in [3.8, 4) is 0 Å². The first kappa shape index (κ1) is 52.4. The van der Waals surface area contributed by atoms with Gasteiger partial charge < -0.3 is 19.3 Å². The molecule has 0 bridgehead atoms. The Morgan fingerprint density at radius 3 is 2.09 bits per heavy atom. The molecule has 0 saturated heterocycles. The van der Waals surface area contributed by atoms with Crippen LogP contribution in [0.3, 0.4) is 0 Å². The van der Waals surface area contributed by atoms with Crippen molar-refractivity contribution in [1.29, 1.82) is 0 Å². The molecule has 282 valence electrons. The molecule has 2 aliphatic rings. The molecule has 2 heterocycles. The maximum Gasteiger partial charge on any atom is 1.00 e. The zero-order valence-electron chi connectivity index (χ0n) is 31.7. The summed E-state index contributed by atoms with van der Waals surface area (Å²) in [5.41, 5.74) is 3.51. The minimum absolute atomic E-state index is 0. The van der Waals surface area contributed by atoms with Gasteiger partial charge in [-0.1, -0.05) is 19.9 Å². The zero-order chi connectivity index (χ0) is 37.8. The second-order valence-electron chi connectivity index (χ2n) is 13.0. The molecular formula is C33H42N2Na3O12S4+. The molecule has 1 N–H and O–H groups in total. The van der Waals surface area contributed by atoms with Crippen LogP contribution in [0.1, 0.15) is 77.3 Å². The quantitative estimate of drug-likeness (QED) is 0.0284. The van der Waals surface area contributed by atoms with Gasteiger partial charge in [0.2, 0.25) is 5.69 Å². The van der Waals surface area contributed by atoms with E-state index >= 15 is 0 Å². The molecular weight excluding hydrogens is 814 g/mol. The number of anilines is 1. The van der Waals surface area contributed by atoms with E-state index in [0.717, 1.165) is 34.7 Å². The Morgan fingerprint density at radius 2 is 1.52 bits per heavy atom. The van der Waals surface area contributed by atoms with Gasteiger partial charge in [0.1, 0.15) is 16.7 Å². The topological polar surface area (TPSA) is 217 Å². The van der Waals surface area contributed by atoms with Gasteiger partial charge in [-0.2, -0.15) is 17.3 Å². The molecule has 0 spiro atoms. The third-order valence-electron chi connectivity index (χ3n) is 9.85. The monoisotopic (exact) mass is 855 g/mol. The van der Waals surface area contributed by atoms with Crippen LogP contribution in [0.4, 0.5) is 11.4 Å². The largest absolute Gasteiger partial charge is 1.00 e. The fourth-order valence-electron chi connectivity index (χ4n) is 6.88. The van der Waals surface area contributed by atoms with E-state index in [1.807, 2.05) is 56.0 Å². The van der Waals surface area contributed by atoms with Crippen LogP contribution in [0.25, 0.3) is 0 Å². The van der Waals surface area contributed by atoms with Crippen molar-refractivity contribution in [2.75, 3.05) is 29.5 Å². The first-order chi connectivity index (χ1) is 23.8. The van der Waals surface area contributed by atoms with Crippen molar-refractivity contribution < 1.29 is 147 Å². The van der Waals surface area contributed by atoms with Gasteiger partial charge in [-0.15, -0.1) is 0 Å². The molecule has 0 radical (unpaired) electrons. The molecule has 0 fully saturated rings. The zero-order valence-corrected chi connectivity index (χ0v) is 41.0. The van der Waals surface area contributed by atoms with Gasteiger partial charge in [-0.3, -0.25) is 9.59 Å². The van der Waals surface area contributed by atoms with E-state index in [4.69, 9.17) is 0 Å². The molecule has 14 nitrogen and oxygen atoms in total. The molecule has 2 aromatic carbocycles. The minimum atomic E-state index is -4.75. The predicted octanol–water partition coefficient (Wildman–Crippen LogP) is -4.78. The van der Waals surface area contributed by atoms with Crippen molar-refractivity contribution in [2.45, 2.75) is 86.8 Å². The van der Waals surface area contributed by atoms with E-state index in [1.165, 1.54) is 12.1 Å². The van der Waals surface area contributed by atoms with Gasteiger partial charge in [-0.05, 0) is 87.9 Å². The van der Waals surface area contributed by atoms with Gasteiger partial charge in [0, 0.05) is 58.1 Å². The summed E-state index contributed by atoms with van der Waals surface area (Å²) < 4.78 is 108. The Hall–Kier alpha value is 0.350. The Balaban J connectivity index is 0.00000486. The van der Waals surface area contributed by atoms with Crippen LogP contribution >= 0.6 is 12.0 Å². The minimum Gasteiger partial charge on any atom is -0.748 e. The molecule has 4 rings (SSSR count). The fraction of sp³-hybridized carbons (Fsp3) is 0.485. The summed E-state index contributed by atoms with van der Waals surface area (Å²) in [7, 11) is -13.3. The number of hydrogen-bond acceptors (Lipinski definition) is 13. The Kier molecular flexibility index (Phi) is 20.9. The molecule has 21 heteroatoms. The third kappa shape index (κ3) is 12.7. The predicted molar refractivity (Wildman–Crippen MR) is 188 cm³/mol. The smallest absolute Gasteiger partial charge is 0.748 e. The molecule has 0 amide bonds. The average molecular weight is 856 g/mol. The van der Waals surface area contributed by atoms with Gasteiger partial charge in [-0.25, -0.2) is 16.8 Å². The molecule has 0 aliphatic carbocycles. The van der Waals surface area contributed by atoms with Crippen LogP contribution in [-0.4, -0.2) is 73.8 Å². The van der Waals surface area contributed by atoms with Gasteiger partial charge in [0.25, 0.3) is 10.1 Å². The normalized spacial score (nSPS) is 20.4. The molecule has 2 aromatic rings. The maximum absolute atomic E-state index is 12.0. The van der Waals surface area contributed by atoms with E-state index in [2.05, 4.69) is 20.9 Å². The number of fused-ring (bicyclic) bond motifs is 2. The summed E-state index contributed by atoms with van der Waals surface area (Å²) in [6.07, 6.45) is 8.07. The summed E-state index contributed by atoms with van der Waals surface area (Å²) in [5, 5.41) is 14.0. The van der Waals surface area contributed by atoms with Crippen LogP contribution in [0.5, 0.6) is 0 Å². The number of hydrogen-bond donors (Lipinski definition) is 1. The number of allylic oxidation sites excluding steroid dienone is 4. The molecule has 0 saturated carbocycles. The summed E-state index contributed by atoms with van der Waals surface area (Å²) in [5.74, 6) is -0.893. The van der Waals surface area contributed by atoms with E-state index in [-0.39, 0.29) is 112 Å². The first-order valence-corrected chi connectivity index (χ1v) is 21.7. The van der Waals surface area contributed by atoms with Crippen molar-refractivity contribution in [2.24, 2.45) is 0 Å². The van der Waals surface area contributed by atoms with Gasteiger partial charge in [0.05, 0.1) is 38.2 Å². The van der Waals surface area contributed by atoms with Crippen LogP contribution in [0.15, 0.2) is 70.1 Å². The molecule has 2 unspecified atom stereocenters. The fourth-order valence-corrected chi connectivity index (χ4v) is 8.90. The van der Waals surface area contributed by atoms with Crippen LogP contribution in [0, 0.1) is 0 Å². The Labute approximate surface area is 389 Å². The van der Waals surface area contributed by atoms with Gasteiger partial charge >= 0.3 is 88.7 Å². The van der Waals surface area contributed by atoms with E-state index < -0.39 is 46.9 Å². The Bertz CT molecular complexity index is 2060. The van der Waals surface area contributed by atoms with Crippen LogP contribution < -0.4 is 98.8 Å². The van der Waals surface area contributed by atoms with E-state index in [9.17, 15) is 44.2 Å².